The maximum atomic E-state index is 11.9. The average Bonchev–Trinajstić information content (AvgIpc) is 2.73. The van der Waals surface area contributed by atoms with E-state index in [4.69, 9.17) is 0 Å². The van der Waals surface area contributed by atoms with E-state index in [1.54, 1.807) is 0 Å². The lowest BCUT2D eigenvalue weighted by Gasteiger charge is -2.21. The Bertz CT molecular complexity index is 445. The summed E-state index contributed by atoms with van der Waals surface area (Å²) in [4.78, 5) is 26.2. The molecule has 96 valence electrons. The lowest BCUT2D eigenvalue weighted by molar-refractivity contribution is -0.125. The van der Waals surface area contributed by atoms with Crippen LogP contribution < -0.4 is 0 Å². The van der Waals surface area contributed by atoms with Crippen LogP contribution in [0.25, 0.3) is 0 Å². The summed E-state index contributed by atoms with van der Waals surface area (Å²) in [5.41, 5.74) is 0. The van der Waals surface area contributed by atoms with Crippen LogP contribution in [0.4, 0.5) is 4.79 Å². The van der Waals surface area contributed by atoms with Gasteiger partial charge in [-0.05, 0) is 12.8 Å². The molecule has 3 amide bonds. The molecule has 17 heavy (non-hydrogen) atoms. The van der Waals surface area contributed by atoms with Crippen LogP contribution in [0.15, 0.2) is 0 Å². The molecule has 2 aliphatic heterocycles. The minimum absolute atomic E-state index is 0.00795. The van der Waals surface area contributed by atoms with Gasteiger partial charge in [-0.3, -0.25) is 9.69 Å². The van der Waals surface area contributed by atoms with E-state index >= 15 is 0 Å². The Kier molecular flexibility index (Phi) is 3.11. The zero-order valence-electron chi connectivity index (χ0n) is 9.76. The molecule has 0 saturated carbocycles. The van der Waals surface area contributed by atoms with Gasteiger partial charge in [0.2, 0.25) is 5.91 Å². The summed E-state index contributed by atoms with van der Waals surface area (Å²) in [5.74, 6) is -0.115. The van der Waals surface area contributed by atoms with Crippen molar-refractivity contribution in [1.29, 1.82) is 0 Å². The zero-order chi connectivity index (χ0) is 12.6. The van der Waals surface area contributed by atoms with Gasteiger partial charge in [0.05, 0.1) is 11.5 Å². The van der Waals surface area contributed by atoms with E-state index in [2.05, 4.69) is 0 Å². The van der Waals surface area contributed by atoms with Gasteiger partial charge in [-0.2, -0.15) is 0 Å². The van der Waals surface area contributed by atoms with E-state index < -0.39 is 9.84 Å². The molecule has 2 fully saturated rings. The Labute approximate surface area is 100 Å². The predicted octanol–water partition coefficient (Wildman–Crippen LogP) is -0.152. The number of hydrogen-bond acceptors (Lipinski definition) is 4. The second kappa shape index (κ2) is 4.29. The average molecular weight is 260 g/mol. The monoisotopic (exact) mass is 260 g/mol. The first kappa shape index (κ1) is 12.3. The number of nitrogens with zero attached hydrogens (tertiary/aromatic N) is 2. The number of imide groups is 1. The standard InChI is InChI=1S/C10H16N2O4S/c1-2-4-11-9(13)6-12(10(11)14)8-3-5-17(15,16)7-8/h8H,2-7H2,1H3. The van der Waals surface area contributed by atoms with Gasteiger partial charge in [0.15, 0.2) is 9.84 Å². The van der Waals surface area contributed by atoms with Gasteiger partial charge < -0.3 is 4.90 Å². The molecular formula is C10H16N2O4S. The van der Waals surface area contributed by atoms with Gasteiger partial charge >= 0.3 is 6.03 Å². The van der Waals surface area contributed by atoms with Crippen LogP contribution in [-0.2, 0) is 14.6 Å². The molecule has 0 aromatic rings. The molecule has 0 bridgehead atoms. The predicted molar refractivity (Wildman–Crippen MR) is 61.2 cm³/mol. The fraction of sp³-hybridized carbons (Fsp3) is 0.800. The molecule has 0 spiro atoms. The Morgan fingerprint density at radius 1 is 1.35 bits per heavy atom. The van der Waals surface area contributed by atoms with E-state index in [0.29, 0.717) is 19.4 Å². The van der Waals surface area contributed by atoms with Crippen molar-refractivity contribution in [3.8, 4) is 0 Å². The topological polar surface area (TPSA) is 74.8 Å². The van der Waals surface area contributed by atoms with Crippen LogP contribution in [0.5, 0.6) is 0 Å². The fourth-order valence-corrected chi connectivity index (χ4v) is 4.04. The molecule has 0 aromatic carbocycles. The van der Waals surface area contributed by atoms with Crippen molar-refractivity contribution in [2.45, 2.75) is 25.8 Å². The number of hydrogen-bond donors (Lipinski definition) is 0. The van der Waals surface area contributed by atoms with Gasteiger partial charge in [0.1, 0.15) is 6.54 Å². The number of carbonyl (C=O) groups excluding carboxylic acids is 2. The molecule has 2 aliphatic rings. The van der Waals surface area contributed by atoms with Crippen molar-refractivity contribution in [2.75, 3.05) is 24.6 Å². The van der Waals surface area contributed by atoms with E-state index in [1.807, 2.05) is 6.92 Å². The summed E-state index contributed by atoms with van der Waals surface area (Å²) in [6.07, 6.45) is 1.16. The molecule has 0 N–H and O–H groups in total. The Morgan fingerprint density at radius 3 is 2.59 bits per heavy atom. The number of sulfone groups is 1. The third-order valence-electron chi connectivity index (χ3n) is 3.18. The summed E-state index contributed by atoms with van der Waals surface area (Å²) < 4.78 is 22.7. The van der Waals surface area contributed by atoms with Crippen LogP contribution in [-0.4, -0.2) is 60.8 Å². The zero-order valence-corrected chi connectivity index (χ0v) is 10.6. The summed E-state index contributed by atoms with van der Waals surface area (Å²) in [7, 11) is -3.03. The largest absolute Gasteiger partial charge is 0.327 e. The molecule has 0 radical (unpaired) electrons. The second-order valence-electron chi connectivity index (χ2n) is 4.51. The number of carbonyl (C=O) groups is 2. The molecule has 1 unspecified atom stereocenters. The van der Waals surface area contributed by atoms with Crippen LogP contribution >= 0.6 is 0 Å². The quantitative estimate of drug-likeness (QED) is 0.661. The van der Waals surface area contributed by atoms with Crippen LogP contribution in [0.3, 0.4) is 0 Å². The third-order valence-corrected chi connectivity index (χ3v) is 4.93. The summed E-state index contributed by atoms with van der Waals surface area (Å²) >= 11 is 0. The minimum atomic E-state index is -3.03. The maximum absolute atomic E-state index is 11.9. The van der Waals surface area contributed by atoms with Crippen molar-refractivity contribution in [1.82, 2.24) is 9.80 Å². The SMILES string of the molecule is CCCN1C(=O)CN(C2CCS(=O)(=O)C2)C1=O. The summed E-state index contributed by atoms with van der Waals surface area (Å²) in [6, 6.07) is -0.655. The van der Waals surface area contributed by atoms with Crippen LogP contribution in [0, 0.1) is 0 Å². The van der Waals surface area contributed by atoms with Gasteiger partial charge in [-0.15, -0.1) is 0 Å². The van der Waals surface area contributed by atoms with Crippen molar-refractivity contribution in [2.24, 2.45) is 0 Å². The highest BCUT2D eigenvalue weighted by Gasteiger charge is 2.43. The Hall–Kier alpha value is -1.11. The van der Waals surface area contributed by atoms with E-state index in [0.717, 1.165) is 0 Å². The normalized spacial score (nSPS) is 28.2. The highest BCUT2D eigenvalue weighted by atomic mass is 32.2. The lowest BCUT2D eigenvalue weighted by Crippen LogP contribution is -2.40. The molecule has 1 atom stereocenters. The molecular weight excluding hydrogens is 244 g/mol. The van der Waals surface area contributed by atoms with Crippen molar-refractivity contribution in [3.05, 3.63) is 0 Å². The first-order chi connectivity index (χ1) is 7.94. The fourth-order valence-electron chi connectivity index (χ4n) is 2.31. The number of amides is 3. The highest BCUT2D eigenvalue weighted by Crippen LogP contribution is 2.22. The second-order valence-corrected chi connectivity index (χ2v) is 6.74. The van der Waals surface area contributed by atoms with Crippen LogP contribution in [0.2, 0.25) is 0 Å². The van der Waals surface area contributed by atoms with Crippen molar-refractivity contribution in [3.63, 3.8) is 0 Å². The Morgan fingerprint density at radius 2 is 2.06 bits per heavy atom. The van der Waals surface area contributed by atoms with E-state index in [-0.39, 0.29) is 36.0 Å². The third kappa shape index (κ3) is 2.29. The molecule has 2 rings (SSSR count). The maximum Gasteiger partial charge on any atom is 0.327 e. The first-order valence-corrected chi connectivity index (χ1v) is 7.58. The van der Waals surface area contributed by atoms with Gasteiger partial charge in [-0.25, -0.2) is 13.2 Å². The number of rotatable bonds is 3. The van der Waals surface area contributed by atoms with E-state index in [9.17, 15) is 18.0 Å². The molecule has 2 heterocycles. The number of urea groups is 1. The summed E-state index contributed by atoms with van der Waals surface area (Å²) in [6.45, 7) is 2.33. The highest BCUT2D eigenvalue weighted by molar-refractivity contribution is 7.91. The molecule has 2 saturated heterocycles. The Balaban J connectivity index is 2.09. The molecule has 0 aromatic heterocycles. The van der Waals surface area contributed by atoms with Crippen molar-refractivity contribution < 1.29 is 18.0 Å². The van der Waals surface area contributed by atoms with E-state index in [1.165, 1.54) is 9.80 Å². The van der Waals surface area contributed by atoms with Gasteiger partial charge in [0, 0.05) is 12.6 Å². The van der Waals surface area contributed by atoms with Crippen molar-refractivity contribution >= 4 is 21.8 Å². The minimum Gasteiger partial charge on any atom is -0.311 e. The first-order valence-electron chi connectivity index (χ1n) is 5.76. The summed E-state index contributed by atoms with van der Waals surface area (Å²) in [5, 5.41) is 0. The van der Waals surface area contributed by atoms with Gasteiger partial charge in [-0.1, -0.05) is 6.92 Å². The van der Waals surface area contributed by atoms with Crippen LogP contribution in [0.1, 0.15) is 19.8 Å². The molecule has 6 nitrogen and oxygen atoms in total. The molecule has 7 heteroatoms. The van der Waals surface area contributed by atoms with Gasteiger partial charge in [0.25, 0.3) is 0 Å². The smallest absolute Gasteiger partial charge is 0.311 e. The molecule has 0 aliphatic carbocycles. The lowest BCUT2D eigenvalue weighted by atomic mass is 10.2.